The lowest BCUT2D eigenvalue weighted by Gasteiger charge is -2.11. The fraction of sp³-hybridized carbons (Fsp3) is 0.0833. The number of imidazole rings is 1. The second-order valence-electron chi connectivity index (χ2n) is 7.45. The van der Waals surface area contributed by atoms with E-state index in [1.165, 1.54) is 13.2 Å². The number of H-pyrrole nitrogens is 1. The Morgan fingerprint density at radius 3 is 2.49 bits per heavy atom. The molecule has 0 aliphatic rings. The molecule has 1 heterocycles. The number of hydrogen-bond acceptors (Lipinski definition) is 8. The number of ether oxygens (including phenoxy) is 2. The van der Waals surface area contributed by atoms with Crippen molar-refractivity contribution in [1.29, 1.82) is 5.26 Å². The molecule has 35 heavy (non-hydrogen) atoms. The van der Waals surface area contributed by atoms with Crippen LogP contribution >= 0.6 is 0 Å². The zero-order chi connectivity index (χ0) is 25.1. The van der Waals surface area contributed by atoms with Gasteiger partial charge in [0.05, 0.1) is 39.6 Å². The predicted molar refractivity (Wildman–Crippen MR) is 127 cm³/mol. The monoisotopic (exact) mass is 471 g/mol. The fourth-order valence-electron chi connectivity index (χ4n) is 3.40. The largest absolute Gasteiger partial charge is 0.493 e. The Kier molecular flexibility index (Phi) is 6.11. The van der Waals surface area contributed by atoms with Gasteiger partial charge in [-0.1, -0.05) is 12.1 Å². The van der Waals surface area contributed by atoms with Crippen LogP contribution in [0.5, 0.6) is 17.2 Å². The van der Waals surface area contributed by atoms with Crippen LogP contribution in [0.3, 0.4) is 0 Å². The number of nitriles is 1. The number of hydrogen-bond donors (Lipinski definition) is 1. The van der Waals surface area contributed by atoms with Gasteiger partial charge in [-0.3, -0.25) is 20.2 Å². The number of nitrogens with zero attached hydrogens (tertiary/aromatic N) is 4. The summed E-state index contributed by atoms with van der Waals surface area (Å²) in [6, 6.07) is 15.7. The number of aromatic nitrogens is 2. The Labute approximate surface area is 198 Å². The number of benzene rings is 3. The predicted octanol–water partition coefficient (Wildman–Crippen LogP) is 5.55. The third-order valence-electron chi connectivity index (χ3n) is 5.08. The van der Waals surface area contributed by atoms with Crippen LogP contribution in [0.15, 0.2) is 54.6 Å². The van der Waals surface area contributed by atoms with Gasteiger partial charge in [0, 0.05) is 6.07 Å². The summed E-state index contributed by atoms with van der Waals surface area (Å²) >= 11 is 0. The molecule has 0 aliphatic carbocycles. The SMILES string of the molecule is COc1cc(C=C(C#N)c2nc3ccc(C)cc3[nH]2)ccc1Oc1ccc([N+](=O)[O-])cc1[N+](=O)[O-]. The summed E-state index contributed by atoms with van der Waals surface area (Å²) in [5.74, 6) is 0.620. The Bertz CT molecular complexity index is 1550. The minimum Gasteiger partial charge on any atom is -0.493 e. The maximum Gasteiger partial charge on any atom is 0.318 e. The molecule has 0 unspecified atom stereocenters. The van der Waals surface area contributed by atoms with E-state index >= 15 is 0 Å². The number of methoxy groups -OCH3 is 1. The van der Waals surface area contributed by atoms with E-state index in [4.69, 9.17) is 9.47 Å². The van der Waals surface area contributed by atoms with Crippen LogP contribution in [0.1, 0.15) is 17.0 Å². The summed E-state index contributed by atoms with van der Waals surface area (Å²) < 4.78 is 11.0. The first-order chi connectivity index (χ1) is 16.8. The number of allylic oxidation sites excluding steroid dienone is 1. The Morgan fingerprint density at radius 1 is 1.03 bits per heavy atom. The molecule has 3 aromatic carbocycles. The summed E-state index contributed by atoms with van der Waals surface area (Å²) in [5.41, 5.74) is 2.51. The summed E-state index contributed by atoms with van der Waals surface area (Å²) in [6.45, 7) is 1.96. The van der Waals surface area contributed by atoms with Gasteiger partial charge in [0.25, 0.3) is 5.69 Å². The number of rotatable bonds is 7. The molecule has 1 aromatic heterocycles. The normalized spacial score (nSPS) is 11.2. The van der Waals surface area contributed by atoms with Crippen molar-refractivity contribution in [2.24, 2.45) is 0 Å². The fourth-order valence-corrected chi connectivity index (χ4v) is 3.40. The highest BCUT2D eigenvalue weighted by molar-refractivity contribution is 5.90. The molecule has 1 N–H and O–H groups in total. The summed E-state index contributed by atoms with van der Waals surface area (Å²) in [4.78, 5) is 28.5. The minimum absolute atomic E-state index is 0.152. The summed E-state index contributed by atoms with van der Waals surface area (Å²) in [5, 5.41) is 32.0. The first-order valence-electron chi connectivity index (χ1n) is 10.2. The van der Waals surface area contributed by atoms with Gasteiger partial charge in [0.2, 0.25) is 5.75 Å². The van der Waals surface area contributed by atoms with Gasteiger partial charge in [-0.25, -0.2) is 4.98 Å². The van der Waals surface area contributed by atoms with Gasteiger partial charge in [-0.15, -0.1) is 0 Å². The topological polar surface area (TPSA) is 157 Å². The molecular formula is C24H17N5O6. The maximum absolute atomic E-state index is 11.4. The maximum atomic E-state index is 11.4. The van der Waals surface area contributed by atoms with Crippen molar-refractivity contribution in [3.8, 4) is 23.3 Å². The highest BCUT2D eigenvalue weighted by Gasteiger charge is 2.22. The zero-order valence-electron chi connectivity index (χ0n) is 18.5. The van der Waals surface area contributed by atoms with Crippen molar-refractivity contribution in [3.63, 3.8) is 0 Å². The van der Waals surface area contributed by atoms with E-state index in [1.807, 2.05) is 25.1 Å². The number of aromatic amines is 1. The molecule has 0 fully saturated rings. The average Bonchev–Trinajstić information content (AvgIpc) is 3.26. The molecule has 0 aliphatic heterocycles. The number of fused-ring (bicyclic) bond motifs is 1. The Balaban J connectivity index is 1.67. The summed E-state index contributed by atoms with van der Waals surface area (Å²) in [7, 11) is 1.40. The highest BCUT2D eigenvalue weighted by Crippen LogP contribution is 2.38. The minimum atomic E-state index is -0.764. The van der Waals surface area contributed by atoms with E-state index in [-0.39, 0.29) is 17.2 Å². The number of nitro benzene ring substituents is 2. The average molecular weight is 471 g/mol. The van der Waals surface area contributed by atoms with E-state index < -0.39 is 21.2 Å². The van der Waals surface area contributed by atoms with Gasteiger partial charge >= 0.3 is 5.69 Å². The van der Waals surface area contributed by atoms with Crippen molar-refractivity contribution in [1.82, 2.24) is 9.97 Å². The third kappa shape index (κ3) is 4.76. The van der Waals surface area contributed by atoms with Crippen LogP contribution in [0.4, 0.5) is 11.4 Å². The molecule has 0 bridgehead atoms. The number of nitrogens with one attached hydrogen (secondary N) is 1. The van der Waals surface area contributed by atoms with Crippen molar-refractivity contribution >= 4 is 34.1 Å². The van der Waals surface area contributed by atoms with E-state index in [0.717, 1.165) is 34.8 Å². The lowest BCUT2D eigenvalue weighted by Crippen LogP contribution is -1.97. The van der Waals surface area contributed by atoms with Crippen LogP contribution in [0.2, 0.25) is 0 Å². The van der Waals surface area contributed by atoms with Gasteiger partial charge < -0.3 is 14.5 Å². The van der Waals surface area contributed by atoms with E-state index in [9.17, 15) is 25.5 Å². The quantitative estimate of drug-likeness (QED) is 0.209. The van der Waals surface area contributed by atoms with E-state index in [1.54, 1.807) is 18.2 Å². The Hall–Kier alpha value is -5.24. The third-order valence-corrected chi connectivity index (χ3v) is 5.08. The van der Waals surface area contributed by atoms with E-state index in [2.05, 4.69) is 16.0 Å². The van der Waals surface area contributed by atoms with Crippen LogP contribution < -0.4 is 9.47 Å². The van der Waals surface area contributed by atoms with Crippen molar-refractivity contribution < 1.29 is 19.3 Å². The van der Waals surface area contributed by atoms with Crippen LogP contribution in [-0.4, -0.2) is 26.9 Å². The second-order valence-corrected chi connectivity index (χ2v) is 7.45. The smallest absolute Gasteiger partial charge is 0.318 e. The number of nitro groups is 2. The molecule has 0 atom stereocenters. The van der Waals surface area contributed by atoms with Crippen LogP contribution in [0, 0.1) is 38.5 Å². The molecule has 4 rings (SSSR count). The lowest BCUT2D eigenvalue weighted by atomic mass is 10.1. The van der Waals surface area contributed by atoms with Crippen LogP contribution in [-0.2, 0) is 0 Å². The van der Waals surface area contributed by atoms with Crippen molar-refractivity contribution in [3.05, 3.63) is 91.8 Å². The van der Waals surface area contributed by atoms with Crippen molar-refractivity contribution in [2.45, 2.75) is 6.92 Å². The standard InChI is InChI=1S/C24H17N5O6/c1-14-3-6-18-19(9-14)27-24(26-18)16(13-25)10-15-4-7-22(23(11-15)34-2)35-21-8-5-17(28(30)31)12-20(21)29(32)33/h3-12H,1-2H3,(H,26,27). The number of aryl methyl sites for hydroxylation is 1. The molecule has 0 saturated heterocycles. The summed E-state index contributed by atoms with van der Waals surface area (Å²) in [6.07, 6.45) is 1.62. The second kappa shape index (κ2) is 9.32. The van der Waals surface area contributed by atoms with Gasteiger partial charge in [0.1, 0.15) is 11.9 Å². The lowest BCUT2D eigenvalue weighted by molar-refractivity contribution is -0.394. The van der Waals surface area contributed by atoms with Crippen molar-refractivity contribution in [2.75, 3.05) is 7.11 Å². The molecular weight excluding hydrogens is 454 g/mol. The van der Waals surface area contributed by atoms with Gasteiger partial charge in [0.15, 0.2) is 11.5 Å². The highest BCUT2D eigenvalue weighted by atomic mass is 16.6. The molecule has 0 saturated carbocycles. The molecule has 174 valence electrons. The first-order valence-corrected chi connectivity index (χ1v) is 10.2. The molecule has 0 amide bonds. The van der Waals surface area contributed by atoms with Crippen LogP contribution in [0.25, 0.3) is 22.7 Å². The zero-order valence-corrected chi connectivity index (χ0v) is 18.5. The molecule has 0 radical (unpaired) electrons. The Morgan fingerprint density at radius 2 is 1.80 bits per heavy atom. The first kappa shape index (κ1) is 22.9. The van der Waals surface area contributed by atoms with E-state index in [0.29, 0.717) is 17.0 Å². The molecule has 11 heteroatoms. The molecule has 4 aromatic rings. The van der Waals surface area contributed by atoms with Gasteiger partial charge in [-0.2, -0.15) is 5.26 Å². The molecule has 0 spiro atoms. The van der Waals surface area contributed by atoms with Gasteiger partial charge in [-0.05, 0) is 54.5 Å². The number of non-ortho nitro benzene ring substituents is 1. The molecule has 11 nitrogen and oxygen atoms in total.